The Bertz CT molecular complexity index is 672. The van der Waals surface area contributed by atoms with Crippen molar-refractivity contribution in [2.45, 2.75) is 45.1 Å². The number of aliphatic carboxylic acids is 1. The van der Waals surface area contributed by atoms with Gasteiger partial charge in [-0.3, -0.25) is 4.79 Å². The fourth-order valence-electron chi connectivity index (χ4n) is 2.82. The van der Waals surface area contributed by atoms with E-state index in [1.807, 2.05) is 6.92 Å². The van der Waals surface area contributed by atoms with Gasteiger partial charge in [0.2, 0.25) is 0 Å². The molecule has 0 unspecified atom stereocenters. The van der Waals surface area contributed by atoms with E-state index in [1.165, 1.54) is 12.1 Å². The molecule has 2 N–H and O–H groups in total. The number of hydrogen-bond acceptors (Lipinski definition) is 5. The lowest BCUT2D eigenvalue weighted by atomic mass is 9.89. The number of rotatable bonds is 9. The summed E-state index contributed by atoms with van der Waals surface area (Å²) in [6.45, 7) is 5.30. The topological polar surface area (TPSA) is 94.1 Å². The number of halogens is 1. The summed E-state index contributed by atoms with van der Waals surface area (Å²) in [4.78, 5) is 24.5. The molecule has 0 aromatic heterocycles. The molecule has 1 aliphatic rings. The van der Waals surface area contributed by atoms with Crippen LogP contribution in [0.15, 0.2) is 12.1 Å². The average molecular weight is 400 g/mol. The second kappa shape index (κ2) is 9.80. The van der Waals surface area contributed by atoms with Gasteiger partial charge in [-0.25, -0.2) is 4.79 Å². The summed E-state index contributed by atoms with van der Waals surface area (Å²) in [5.74, 6) is -0.845. The highest BCUT2D eigenvalue weighted by atomic mass is 35.5. The SMILES string of the molecule is CCCCOc1c(Cl)cc(C(=O)NC2(C(=O)O)CCOCC2)cc1OCC. The lowest BCUT2D eigenvalue weighted by Crippen LogP contribution is -2.57. The van der Waals surface area contributed by atoms with Crippen molar-refractivity contribution in [2.24, 2.45) is 0 Å². The Balaban J connectivity index is 2.25. The zero-order valence-corrected chi connectivity index (χ0v) is 16.4. The monoisotopic (exact) mass is 399 g/mol. The number of carboxylic acid groups (broad SMARTS) is 1. The molecule has 0 bridgehead atoms. The van der Waals surface area contributed by atoms with Gasteiger partial charge in [-0.2, -0.15) is 0 Å². The number of carbonyl (C=O) groups is 2. The summed E-state index contributed by atoms with van der Waals surface area (Å²) in [7, 11) is 0. The molecule has 1 aromatic carbocycles. The Morgan fingerprint density at radius 2 is 1.96 bits per heavy atom. The van der Waals surface area contributed by atoms with E-state index in [1.54, 1.807) is 0 Å². The first-order chi connectivity index (χ1) is 12.9. The van der Waals surface area contributed by atoms with Crippen LogP contribution in [0.3, 0.4) is 0 Å². The standard InChI is InChI=1S/C19H26ClNO6/c1-3-5-8-27-16-14(20)11-13(12-15(16)26-4-2)17(22)21-19(18(23)24)6-9-25-10-7-19/h11-12H,3-10H2,1-2H3,(H,21,22)(H,23,24). The smallest absolute Gasteiger partial charge is 0.329 e. The zero-order valence-electron chi connectivity index (χ0n) is 15.7. The Kier molecular flexibility index (Phi) is 7.74. The molecule has 150 valence electrons. The Morgan fingerprint density at radius 1 is 1.26 bits per heavy atom. The van der Waals surface area contributed by atoms with E-state index in [2.05, 4.69) is 12.2 Å². The Labute approximate surface area is 163 Å². The van der Waals surface area contributed by atoms with Crippen molar-refractivity contribution in [3.63, 3.8) is 0 Å². The molecule has 1 amide bonds. The molecule has 1 aromatic rings. The molecule has 1 heterocycles. The summed E-state index contributed by atoms with van der Waals surface area (Å²) < 4.78 is 16.5. The predicted octanol–water partition coefficient (Wildman–Crippen LogP) is 3.28. The van der Waals surface area contributed by atoms with Crippen molar-refractivity contribution in [1.82, 2.24) is 5.32 Å². The van der Waals surface area contributed by atoms with E-state index in [0.29, 0.717) is 24.7 Å². The van der Waals surface area contributed by atoms with Crippen LogP contribution in [0, 0.1) is 0 Å². The molecule has 1 fully saturated rings. The number of hydrogen-bond donors (Lipinski definition) is 2. The maximum absolute atomic E-state index is 12.7. The largest absolute Gasteiger partial charge is 0.490 e. The lowest BCUT2D eigenvalue weighted by Gasteiger charge is -2.33. The molecule has 1 aliphatic heterocycles. The van der Waals surface area contributed by atoms with Crippen molar-refractivity contribution in [3.05, 3.63) is 22.7 Å². The van der Waals surface area contributed by atoms with Gasteiger partial charge in [0, 0.05) is 31.6 Å². The van der Waals surface area contributed by atoms with E-state index in [4.69, 9.17) is 25.8 Å². The van der Waals surface area contributed by atoms with Gasteiger partial charge in [0.05, 0.1) is 18.2 Å². The lowest BCUT2D eigenvalue weighted by molar-refractivity contribution is -0.148. The third-order valence-electron chi connectivity index (χ3n) is 4.42. The van der Waals surface area contributed by atoms with Crippen LogP contribution in [0.5, 0.6) is 11.5 Å². The van der Waals surface area contributed by atoms with E-state index >= 15 is 0 Å². The summed E-state index contributed by atoms with van der Waals surface area (Å²) in [6.07, 6.45) is 2.26. The van der Waals surface area contributed by atoms with E-state index in [-0.39, 0.29) is 36.6 Å². The molecule has 0 saturated carbocycles. The molecule has 8 heteroatoms. The van der Waals surface area contributed by atoms with Crippen molar-refractivity contribution >= 4 is 23.5 Å². The number of nitrogens with one attached hydrogen (secondary N) is 1. The first-order valence-electron chi connectivity index (χ1n) is 9.16. The molecule has 0 radical (unpaired) electrons. The molecule has 0 aliphatic carbocycles. The highest BCUT2D eigenvalue weighted by Gasteiger charge is 2.41. The van der Waals surface area contributed by atoms with Crippen LogP contribution in [-0.2, 0) is 9.53 Å². The molecule has 1 saturated heterocycles. The summed E-state index contributed by atoms with van der Waals surface area (Å²) >= 11 is 6.31. The number of benzene rings is 1. The highest BCUT2D eigenvalue weighted by Crippen LogP contribution is 2.37. The number of carbonyl (C=O) groups excluding carboxylic acids is 1. The number of carboxylic acids is 1. The predicted molar refractivity (Wildman–Crippen MR) is 101 cm³/mol. The number of amides is 1. The number of unbranched alkanes of at least 4 members (excludes halogenated alkanes) is 1. The summed E-state index contributed by atoms with van der Waals surface area (Å²) in [5.41, 5.74) is -1.12. The van der Waals surface area contributed by atoms with Crippen molar-refractivity contribution < 1.29 is 28.9 Å². The van der Waals surface area contributed by atoms with E-state index < -0.39 is 17.4 Å². The molecule has 0 atom stereocenters. The third-order valence-corrected chi connectivity index (χ3v) is 4.71. The van der Waals surface area contributed by atoms with Gasteiger partial charge in [-0.05, 0) is 25.5 Å². The maximum Gasteiger partial charge on any atom is 0.329 e. The Morgan fingerprint density at radius 3 is 2.56 bits per heavy atom. The van der Waals surface area contributed by atoms with E-state index in [0.717, 1.165) is 12.8 Å². The second-order valence-corrected chi connectivity index (χ2v) is 6.78. The van der Waals surface area contributed by atoms with Crippen molar-refractivity contribution in [2.75, 3.05) is 26.4 Å². The minimum Gasteiger partial charge on any atom is -0.490 e. The fourth-order valence-corrected chi connectivity index (χ4v) is 3.09. The second-order valence-electron chi connectivity index (χ2n) is 6.37. The van der Waals surface area contributed by atoms with Gasteiger partial charge in [0.15, 0.2) is 11.5 Å². The van der Waals surface area contributed by atoms with Crippen LogP contribution < -0.4 is 14.8 Å². The molecule has 0 spiro atoms. The van der Waals surface area contributed by atoms with Gasteiger partial charge < -0.3 is 24.6 Å². The number of ether oxygens (including phenoxy) is 3. The fraction of sp³-hybridized carbons (Fsp3) is 0.579. The van der Waals surface area contributed by atoms with Crippen LogP contribution in [0.4, 0.5) is 0 Å². The summed E-state index contributed by atoms with van der Waals surface area (Å²) in [5, 5.41) is 12.5. The van der Waals surface area contributed by atoms with Crippen LogP contribution in [0.1, 0.15) is 49.9 Å². The molecule has 7 nitrogen and oxygen atoms in total. The van der Waals surface area contributed by atoms with Crippen LogP contribution in [0.25, 0.3) is 0 Å². The summed E-state index contributed by atoms with van der Waals surface area (Å²) in [6, 6.07) is 3.00. The quantitative estimate of drug-likeness (QED) is 0.619. The molecule has 27 heavy (non-hydrogen) atoms. The van der Waals surface area contributed by atoms with Gasteiger partial charge in [0.1, 0.15) is 5.54 Å². The van der Waals surface area contributed by atoms with Crippen LogP contribution >= 0.6 is 11.6 Å². The average Bonchev–Trinajstić information content (AvgIpc) is 2.64. The van der Waals surface area contributed by atoms with E-state index in [9.17, 15) is 14.7 Å². The Hall–Kier alpha value is -1.99. The van der Waals surface area contributed by atoms with Gasteiger partial charge in [0.25, 0.3) is 5.91 Å². The van der Waals surface area contributed by atoms with Gasteiger partial charge in [-0.1, -0.05) is 24.9 Å². The minimum atomic E-state index is -1.34. The molecular weight excluding hydrogens is 374 g/mol. The minimum absolute atomic E-state index is 0.207. The zero-order chi connectivity index (χ0) is 19.9. The van der Waals surface area contributed by atoms with Crippen LogP contribution in [0.2, 0.25) is 5.02 Å². The van der Waals surface area contributed by atoms with Gasteiger partial charge >= 0.3 is 5.97 Å². The third kappa shape index (κ3) is 5.26. The highest BCUT2D eigenvalue weighted by molar-refractivity contribution is 6.32. The van der Waals surface area contributed by atoms with Crippen molar-refractivity contribution in [3.8, 4) is 11.5 Å². The normalized spacial score (nSPS) is 15.8. The van der Waals surface area contributed by atoms with Crippen LogP contribution in [-0.4, -0.2) is 48.9 Å². The first kappa shape index (κ1) is 21.3. The first-order valence-corrected chi connectivity index (χ1v) is 9.54. The van der Waals surface area contributed by atoms with Crippen molar-refractivity contribution in [1.29, 1.82) is 0 Å². The molecular formula is C19H26ClNO6. The maximum atomic E-state index is 12.7. The molecule has 2 rings (SSSR count). The van der Waals surface area contributed by atoms with Gasteiger partial charge in [-0.15, -0.1) is 0 Å².